The number of hydrogen-bond donors (Lipinski definition) is 0. The van der Waals surface area contributed by atoms with Gasteiger partial charge in [0, 0.05) is 17.2 Å². The van der Waals surface area contributed by atoms with Crippen LogP contribution in [0.5, 0.6) is 5.75 Å². The Morgan fingerprint density at radius 2 is 1.70 bits per heavy atom. The molecule has 0 aliphatic rings. The number of nitrogens with zero attached hydrogens (tertiary/aromatic N) is 3. The Hall–Kier alpha value is -3.69. The van der Waals surface area contributed by atoms with Gasteiger partial charge < -0.3 is 14.0 Å². The van der Waals surface area contributed by atoms with Gasteiger partial charge in [-0.25, -0.2) is 9.78 Å². The second kappa shape index (κ2) is 9.43. The molecular weight excluding hydrogens is 439 g/mol. The summed E-state index contributed by atoms with van der Waals surface area (Å²) in [7, 11) is 0. The van der Waals surface area contributed by atoms with E-state index < -0.39 is 29.4 Å². The summed E-state index contributed by atoms with van der Waals surface area (Å²) < 4.78 is 50.7. The Labute approximate surface area is 188 Å². The predicted octanol–water partition coefficient (Wildman–Crippen LogP) is 6.60. The Balaban J connectivity index is 1.68. The standard InChI is InChI=1S/C23H22F3N3O4/c1-22(2,3)20(33-21(30)32-18-10-8-17(28-31)9-11-18)13-29-12-19(27-14-29)15-4-6-16(7-5-15)23(24,25)26/h4-12,14,20H,13H2,1-3H3/t20-/m1/s1. The van der Waals surface area contributed by atoms with Gasteiger partial charge in [-0.05, 0) is 41.6 Å². The lowest BCUT2D eigenvalue weighted by atomic mass is 9.89. The molecule has 0 fully saturated rings. The number of carbonyl (C=O) groups excluding carboxylic acids is 1. The van der Waals surface area contributed by atoms with Gasteiger partial charge in [-0.3, -0.25) is 0 Å². The average Bonchev–Trinajstić information content (AvgIpc) is 3.21. The smallest absolute Gasteiger partial charge is 0.428 e. The third-order valence-electron chi connectivity index (χ3n) is 4.87. The number of hydrogen-bond acceptors (Lipinski definition) is 6. The predicted molar refractivity (Wildman–Crippen MR) is 115 cm³/mol. The fourth-order valence-electron chi connectivity index (χ4n) is 2.93. The molecular formula is C23H22F3N3O4. The number of rotatable bonds is 6. The van der Waals surface area contributed by atoms with Gasteiger partial charge in [-0.2, -0.15) is 13.2 Å². The van der Waals surface area contributed by atoms with Gasteiger partial charge in [0.05, 0.1) is 24.1 Å². The van der Waals surface area contributed by atoms with E-state index in [1.165, 1.54) is 42.7 Å². The van der Waals surface area contributed by atoms with E-state index >= 15 is 0 Å². The van der Waals surface area contributed by atoms with Crippen LogP contribution in [0.3, 0.4) is 0 Å². The van der Waals surface area contributed by atoms with Crippen molar-refractivity contribution >= 4 is 11.8 Å². The van der Waals surface area contributed by atoms with Crippen molar-refractivity contribution in [3.63, 3.8) is 0 Å². The van der Waals surface area contributed by atoms with E-state index in [1.54, 1.807) is 10.8 Å². The summed E-state index contributed by atoms with van der Waals surface area (Å²) in [6.07, 6.45) is -2.73. The first-order valence-electron chi connectivity index (χ1n) is 9.97. The van der Waals surface area contributed by atoms with Crippen LogP contribution in [0.25, 0.3) is 11.3 Å². The topological polar surface area (TPSA) is 82.8 Å². The van der Waals surface area contributed by atoms with E-state index in [2.05, 4.69) is 10.2 Å². The normalized spacial score (nSPS) is 12.8. The quantitative estimate of drug-likeness (QED) is 0.235. The largest absolute Gasteiger partial charge is 0.514 e. The molecule has 33 heavy (non-hydrogen) atoms. The van der Waals surface area contributed by atoms with Crippen molar-refractivity contribution < 1.29 is 27.4 Å². The van der Waals surface area contributed by atoms with Crippen molar-refractivity contribution in [1.29, 1.82) is 0 Å². The Morgan fingerprint density at radius 3 is 2.24 bits per heavy atom. The summed E-state index contributed by atoms with van der Waals surface area (Å²) >= 11 is 0. The fraction of sp³-hybridized carbons (Fsp3) is 0.304. The number of aromatic nitrogens is 2. The summed E-state index contributed by atoms with van der Waals surface area (Å²) in [4.78, 5) is 27.0. The van der Waals surface area contributed by atoms with Gasteiger partial charge in [0.2, 0.25) is 0 Å². The summed E-state index contributed by atoms with van der Waals surface area (Å²) in [5.74, 6) is 0.201. The lowest BCUT2D eigenvalue weighted by Gasteiger charge is -2.30. The molecule has 0 aliphatic heterocycles. The molecule has 174 valence electrons. The van der Waals surface area contributed by atoms with Gasteiger partial charge in [-0.1, -0.05) is 32.9 Å². The molecule has 7 nitrogen and oxygen atoms in total. The van der Waals surface area contributed by atoms with Crippen LogP contribution in [-0.2, 0) is 17.5 Å². The molecule has 0 spiro atoms. The average molecular weight is 461 g/mol. The zero-order valence-corrected chi connectivity index (χ0v) is 18.2. The monoisotopic (exact) mass is 461 g/mol. The van der Waals surface area contributed by atoms with Crippen LogP contribution >= 0.6 is 0 Å². The van der Waals surface area contributed by atoms with Crippen LogP contribution in [0.15, 0.2) is 66.2 Å². The number of carbonyl (C=O) groups is 1. The molecule has 1 heterocycles. The van der Waals surface area contributed by atoms with Crippen LogP contribution in [0.4, 0.5) is 23.7 Å². The summed E-state index contributed by atoms with van der Waals surface area (Å²) in [5, 5.41) is 2.78. The molecule has 0 saturated carbocycles. The van der Waals surface area contributed by atoms with E-state index in [0.717, 1.165) is 12.1 Å². The third kappa shape index (κ3) is 6.41. The van der Waals surface area contributed by atoms with Gasteiger partial charge in [-0.15, -0.1) is 4.91 Å². The van der Waals surface area contributed by atoms with Crippen molar-refractivity contribution in [2.75, 3.05) is 0 Å². The molecule has 1 atom stereocenters. The van der Waals surface area contributed by atoms with Gasteiger partial charge in [0.15, 0.2) is 0 Å². The minimum Gasteiger partial charge on any atom is -0.428 e. The summed E-state index contributed by atoms with van der Waals surface area (Å²) in [5.41, 5.74) is 0.0310. The maximum Gasteiger partial charge on any atom is 0.514 e. The van der Waals surface area contributed by atoms with Gasteiger partial charge in [0.25, 0.3) is 0 Å². The van der Waals surface area contributed by atoms with Crippen molar-refractivity contribution in [3.05, 3.63) is 71.5 Å². The van der Waals surface area contributed by atoms with Crippen LogP contribution in [-0.4, -0.2) is 21.8 Å². The maximum atomic E-state index is 12.8. The molecule has 10 heteroatoms. The lowest BCUT2D eigenvalue weighted by Crippen LogP contribution is -2.36. The third-order valence-corrected chi connectivity index (χ3v) is 4.87. The van der Waals surface area contributed by atoms with E-state index in [-0.39, 0.29) is 18.0 Å². The highest BCUT2D eigenvalue weighted by atomic mass is 19.4. The molecule has 0 aliphatic carbocycles. The number of halogens is 3. The van der Waals surface area contributed by atoms with E-state index in [9.17, 15) is 22.9 Å². The second-order valence-corrected chi connectivity index (χ2v) is 8.44. The minimum atomic E-state index is -4.41. The first-order chi connectivity index (χ1) is 15.5. The molecule has 0 amide bonds. The van der Waals surface area contributed by atoms with Gasteiger partial charge >= 0.3 is 12.3 Å². The molecule has 0 saturated heterocycles. The number of imidazole rings is 1. The Kier molecular flexibility index (Phi) is 6.85. The molecule has 1 aromatic heterocycles. The number of ether oxygens (including phenoxy) is 2. The van der Waals surface area contributed by atoms with Gasteiger partial charge in [0.1, 0.15) is 17.5 Å². The molecule has 2 aromatic carbocycles. The number of nitroso groups, excluding NO2 is 1. The first-order valence-corrected chi connectivity index (χ1v) is 9.97. The Bertz CT molecular complexity index is 1100. The minimum absolute atomic E-state index is 0.201. The van der Waals surface area contributed by atoms with E-state index in [1.807, 2.05) is 20.8 Å². The highest BCUT2D eigenvalue weighted by molar-refractivity contribution is 5.64. The molecule has 3 aromatic rings. The number of benzene rings is 2. The fourth-order valence-corrected chi connectivity index (χ4v) is 2.93. The molecule has 0 bridgehead atoms. The highest BCUT2D eigenvalue weighted by Gasteiger charge is 2.31. The maximum absolute atomic E-state index is 12.8. The van der Waals surface area contributed by atoms with Crippen LogP contribution in [0, 0.1) is 10.3 Å². The number of alkyl halides is 3. The second-order valence-electron chi connectivity index (χ2n) is 8.44. The van der Waals surface area contributed by atoms with Crippen molar-refractivity contribution in [2.24, 2.45) is 10.6 Å². The summed E-state index contributed by atoms with van der Waals surface area (Å²) in [6, 6.07) is 10.4. The molecule has 0 N–H and O–H groups in total. The highest BCUT2D eigenvalue weighted by Crippen LogP contribution is 2.31. The molecule has 0 radical (unpaired) electrons. The molecule has 3 rings (SSSR count). The molecule has 0 unspecified atom stereocenters. The zero-order chi connectivity index (χ0) is 24.2. The van der Waals surface area contributed by atoms with Crippen LogP contribution in [0.1, 0.15) is 26.3 Å². The first kappa shape index (κ1) is 24.0. The van der Waals surface area contributed by atoms with Crippen molar-refractivity contribution in [1.82, 2.24) is 9.55 Å². The summed E-state index contributed by atoms with van der Waals surface area (Å²) in [6.45, 7) is 5.93. The van der Waals surface area contributed by atoms with E-state index in [4.69, 9.17) is 9.47 Å². The SMILES string of the molecule is CC(C)(C)[C@@H](Cn1cnc(-c2ccc(C(F)(F)F)cc2)c1)OC(=O)Oc1ccc(N=O)cc1. The van der Waals surface area contributed by atoms with Crippen LogP contribution in [0.2, 0.25) is 0 Å². The zero-order valence-electron chi connectivity index (χ0n) is 18.2. The van der Waals surface area contributed by atoms with Crippen molar-refractivity contribution in [3.8, 4) is 17.0 Å². The Morgan fingerprint density at radius 1 is 1.06 bits per heavy atom. The van der Waals surface area contributed by atoms with Crippen LogP contribution < -0.4 is 4.74 Å². The lowest BCUT2D eigenvalue weighted by molar-refractivity contribution is -0.137. The van der Waals surface area contributed by atoms with E-state index in [0.29, 0.717) is 11.3 Å². The van der Waals surface area contributed by atoms with Crippen molar-refractivity contribution in [2.45, 2.75) is 39.6 Å².